The molecule has 4 N–H and O–H groups in total. The summed E-state index contributed by atoms with van der Waals surface area (Å²) in [6.07, 6.45) is 3.23. The van der Waals surface area contributed by atoms with Crippen LogP contribution in [0.25, 0.3) is 0 Å². The summed E-state index contributed by atoms with van der Waals surface area (Å²) < 4.78 is 0. The molecule has 1 fully saturated rings. The van der Waals surface area contributed by atoms with Crippen LogP contribution < -0.4 is 20.9 Å². The van der Waals surface area contributed by atoms with E-state index in [2.05, 4.69) is 25.8 Å². The maximum Gasteiger partial charge on any atom is 0.323 e. The zero-order valence-corrected chi connectivity index (χ0v) is 24.7. The van der Waals surface area contributed by atoms with Crippen LogP contribution in [-0.4, -0.2) is 65.0 Å². The number of benzene rings is 2. The summed E-state index contributed by atoms with van der Waals surface area (Å²) in [6, 6.07) is 16.1. The van der Waals surface area contributed by atoms with E-state index in [-0.39, 0.29) is 23.3 Å². The van der Waals surface area contributed by atoms with Gasteiger partial charge in [-0.2, -0.15) is 0 Å². The van der Waals surface area contributed by atoms with Crippen LogP contribution in [0.1, 0.15) is 55.6 Å². The Balaban J connectivity index is 1.55. The first-order valence-electron chi connectivity index (χ1n) is 14.2. The zero-order valence-electron chi connectivity index (χ0n) is 24.7. The fourth-order valence-electron chi connectivity index (χ4n) is 4.87. The summed E-state index contributed by atoms with van der Waals surface area (Å²) in [6.45, 7) is 8.30. The Bertz CT molecular complexity index is 1430. The number of anilines is 3. The average Bonchev–Trinajstić information content (AvgIpc) is 2.96. The molecule has 11 nitrogen and oxygen atoms in total. The van der Waals surface area contributed by atoms with Crippen LogP contribution in [0.4, 0.5) is 21.9 Å². The lowest BCUT2D eigenvalue weighted by Crippen LogP contribution is -2.49. The van der Waals surface area contributed by atoms with Gasteiger partial charge in [-0.15, -0.1) is 0 Å². The summed E-state index contributed by atoms with van der Waals surface area (Å²) in [5, 5.41) is 17.9. The Labute approximate surface area is 251 Å². The lowest BCUT2D eigenvalue weighted by Gasteiger charge is -2.38. The quantitative estimate of drug-likeness (QED) is 0.283. The molecule has 0 bridgehead atoms. The van der Waals surface area contributed by atoms with Gasteiger partial charge >= 0.3 is 12.0 Å². The second-order valence-electron chi connectivity index (χ2n) is 11.7. The van der Waals surface area contributed by atoms with Gasteiger partial charge in [0, 0.05) is 56.2 Å². The Morgan fingerprint density at radius 2 is 1.65 bits per heavy atom. The predicted molar refractivity (Wildman–Crippen MR) is 165 cm³/mol. The molecule has 2 heterocycles. The van der Waals surface area contributed by atoms with Crippen molar-refractivity contribution in [2.75, 3.05) is 41.7 Å². The van der Waals surface area contributed by atoms with E-state index in [4.69, 9.17) is 0 Å². The highest BCUT2D eigenvalue weighted by Crippen LogP contribution is 2.30. The van der Waals surface area contributed by atoms with E-state index in [0.29, 0.717) is 55.2 Å². The molecule has 1 saturated heterocycles. The Morgan fingerprint density at radius 3 is 2.28 bits per heavy atom. The van der Waals surface area contributed by atoms with Crippen molar-refractivity contribution in [2.24, 2.45) is 5.41 Å². The summed E-state index contributed by atoms with van der Waals surface area (Å²) in [7, 11) is 0. The summed E-state index contributed by atoms with van der Waals surface area (Å²) in [5.74, 6) is -1.44. The Kier molecular flexibility index (Phi) is 9.97. The number of aliphatic carboxylic acids is 1. The number of carbonyl (C=O) groups excluding carboxylic acids is 3. The van der Waals surface area contributed by atoms with Crippen LogP contribution in [-0.2, 0) is 9.59 Å². The van der Waals surface area contributed by atoms with Crippen molar-refractivity contribution >= 4 is 40.9 Å². The number of carbonyl (C=O) groups is 4. The third-order valence-corrected chi connectivity index (χ3v) is 6.96. The van der Waals surface area contributed by atoms with Crippen molar-refractivity contribution in [1.29, 1.82) is 0 Å². The van der Waals surface area contributed by atoms with E-state index >= 15 is 0 Å². The number of hydrogen-bond acceptors (Lipinski definition) is 6. The Hall–Kier alpha value is -4.93. The van der Waals surface area contributed by atoms with Crippen molar-refractivity contribution in [3.8, 4) is 0 Å². The Morgan fingerprint density at radius 1 is 0.930 bits per heavy atom. The van der Waals surface area contributed by atoms with Crippen molar-refractivity contribution in [1.82, 2.24) is 15.2 Å². The second kappa shape index (κ2) is 13.8. The van der Waals surface area contributed by atoms with Gasteiger partial charge in [0.05, 0.1) is 23.8 Å². The number of aromatic nitrogens is 1. The number of amides is 4. The van der Waals surface area contributed by atoms with Gasteiger partial charge in [0.2, 0.25) is 5.91 Å². The monoisotopic (exact) mass is 586 g/mol. The van der Waals surface area contributed by atoms with Crippen molar-refractivity contribution < 1.29 is 24.3 Å². The molecule has 4 amide bonds. The smallest absolute Gasteiger partial charge is 0.323 e. The predicted octanol–water partition coefficient (Wildman–Crippen LogP) is 4.76. The SMILES string of the molecule is CC(C)(C)CC(=O)N1CCN(c2ccc(C(=O)NC(CC(=O)O)c3cccnc3)cc2NC(=O)Nc2ccccc2)CC1. The number of hydrogen-bond donors (Lipinski definition) is 4. The topological polar surface area (TPSA) is 144 Å². The second-order valence-corrected chi connectivity index (χ2v) is 11.7. The number of para-hydroxylation sites is 1. The van der Waals surface area contributed by atoms with Gasteiger partial charge in [-0.05, 0) is 47.4 Å². The van der Waals surface area contributed by atoms with Gasteiger partial charge in [0.25, 0.3) is 5.91 Å². The number of pyridine rings is 1. The normalized spacial score (nSPS) is 14.0. The molecule has 0 radical (unpaired) electrons. The van der Waals surface area contributed by atoms with E-state index in [1.54, 1.807) is 48.7 Å². The number of urea groups is 1. The number of rotatable bonds is 9. The molecule has 2 aromatic carbocycles. The number of carboxylic acid groups (broad SMARTS) is 1. The number of nitrogens with zero attached hydrogens (tertiary/aromatic N) is 3. The fourth-order valence-corrected chi connectivity index (χ4v) is 4.87. The molecule has 0 saturated carbocycles. The van der Waals surface area contributed by atoms with Crippen LogP contribution in [0.5, 0.6) is 0 Å². The minimum absolute atomic E-state index is 0.103. The van der Waals surface area contributed by atoms with E-state index in [1.807, 2.05) is 43.9 Å². The van der Waals surface area contributed by atoms with Gasteiger partial charge in [-0.25, -0.2) is 4.79 Å². The molecule has 11 heteroatoms. The third kappa shape index (κ3) is 9.03. The lowest BCUT2D eigenvalue weighted by molar-refractivity contribution is -0.137. The number of nitrogens with one attached hydrogen (secondary N) is 3. The van der Waals surface area contributed by atoms with E-state index in [1.165, 1.54) is 6.20 Å². The summed E-state index contributed by atoms with van der Waals surface area (Å²) in [5.41, 5.74) is 2.43. The van der Waals surface area contributed by atoms with Crippen LogP contribution in [0, 0.1) is 5.41 Å². The van der Waals surface area contributed by atoms with E-state index in [9.17, 15) is 24.3 Å². The van der Waals surface area contributed by atoms with Crippen molar-refractivity contribution in [3.05, 3.63) is 84.2 Å². The lowest BCUT2D eigenvalue weighted by atomic mass is 9.91. The first-order chi connectivity index (χ1) is 20.5. The minimum Gasteiger partial charge on any atom is -0.481 e. The molecule has 226 valence electrons. The molecule has 0 spiro atoms. The number of carboxylic acids is 1. The molecular formula is C32H38N6O5. The highest BCUT2D eigenvalue weighted by atomic mass is 16.4. The summed E-state index contributed by atoms with van der Waals surface area (Å²) >= 11 is 0. The van der Waals surface area contributed by atoms with Crippen LogP contribution >= 0.6 is 0 Å². The molecule has 0 aliphatic carbocycles. The van der Waals surface area contributed by atoms with Crippen LogP contribution in [0.2, 0.25) is 0 Å². The van der Waals surface area contributed by atoms with Crippen LogP contribution in [0.15, 0.2) is 73.1 Å². The zero-order chi connectivity index (χ0) is 31.0. The minimum atomic E-state index is -1.07. The molecule has 1 atom stereocenters. The molecule has 1 aliphatic heterocycles. The third-order valence-electron chi connectivity index (χ3n) is 6.96. The molecular weight excluding hydrogens is 548 g/mol. The average molecular weight is 587 g/mol. The van der Waals surface area contributed by atoms with Crippen LogP contribution in [0.3, 0.4) is 0 Å². The number of piperazine rings is 1. The van der Waals surface area contributed by atoms with Gasteiger partial charge < -0.3 is 30.9 Å². The van der Waals surface area contributed by atoms with Gasteiger partial charge in [0.1, 0.15) is 0 Å². The first-order valence-corrected chi connectivity index (χ1v) is 14.2. The molecule has 4 rings (SSSR count). The van der Waals surface area contributed by atoms with E-state index < -0.39 is 23.9 Å². The van der Waals surface area contributed by atoms with Gasteiger partial charge in [0.15, 0.2) is 0 Å². The maximum atomic E-state index is 13.3. The molecule has 43 heavy (non-hydrogen) atoms. The molecule has 1 unspecified atom stereocenters. The largest absolute Gasteiger partial charge is 0.481 e. The molecule has 1 aromatic heterocycles. The first kappa shape index (κ1) is 31.0. The van der Waals surface area contributed by atoms with Gasteiger partial charge in [-0.1, -0.05) is 45.0 Å². The molecule has 1 aliphatic rings. The van der Waals surface area contributed by atoms with Crippen molar-refractivity contribution in [2.45, 2.75) is 39.7 Å². The van der Waals surface area contributed by atoms with Gasteiger partial charge in [-0.3, -0.25) is 19.4 Å². The highest BCUT2D eigenvalue weighted by Gasteiger charge is 2.27. The summed E-state index contributed by atoms with van der Waals surface area (Å²) in [4.78, 5) is 58.6. The molecule has 3 aromatic rings. The maximum absolute atomic E-state index is 13.3. The highest BCUT2D eigenvalue weighted by molar-refractivity contribution is 6.04. The standard InChI is InChI=1S/C32H38N6O5/c1-32(2,3)20-28(39)38-16-14-37(15-17-38)27-12-11-22(18-26(27)36-31(43)34-24-9-5-4-6-10-24)30(42)35-25(19-29(40)41)23-8-7-13-33-21-23/h4-13,18,21,25H,14-17,19-20H2,1-3H3,(H,35,42)(H,40,41)(H2,34,36,43). The fraction of sp³-hybridized carbons (Fsp3) is 0.344. The van der Waals surface area contributed by atoms with E-state index in [0.717, 1.165) is 0 Å². The van der Waals surface area contributed by atoms with Crippen molar-refractivity contribution in [3.63, 3.8) is 0 Å².